The summed E-state index contributed by atoms with van der Waals surface area (Å²) in [6, 6.07) is 5.91. The lowest BCUT2D eigenvalue weighted by molar-refractivity contribution is 0.129. The van der Waals surface area contributed by atoms with Gasteiger partial charge in [0, 0.05) is 31.5 Å². The van der Waals surface area contributed by atoms with Crippen LogP contribution in [0.25, 0.3) is 0 Å². The van der Waals surface area contributed by atoms with Gasteiger partial charge in [0.2, 0.25) is 0 Å². The zero-order valence-corrected chi connectivity index (χ0v) is 14.9. The average Bonchev–Trinajstić information content (AvgIpc) is 3.30. The fourth-order valence-corrected chi connectivity index (χ4v) is 3.91. The monoisotopic (exact) mass is 349 g/mol. The van der Waals surface area contributed by atoms with E-state index in [0.717, 1.165) is 29.9 Å². The van der Waals surface area contributed by atoms with Crippen LogP contribution in [-0.2, 0) is 4.74 Å². The summed E-state index contributed by atoms with van der Waals surface area (Å²) in [5.41, 5.74) is 1.05. The molecule has 1 unspecified atom stereocenters. The second-order valence-corrected chi connectivity index (χ2v) is 6.86. The molecule has 1 saturated carbocycles. The van der Waals surface area contributed by atoms with Crippen LogP contribution in [-0.4, -0.2) is 56.1 Å². The fourth-order valence-electron chi connectivity index (χ4n) is 3.91. The van der Waals surface area contributed by atoms with Crippen LogP contribution >= 0.6 is 0 Å². The molecule has 2 atom stereocenters. The van der Waals surface area contributed by atoms with Crippen LogP contribution in [0, 0.1) is 5.92 Å². The SMILES string of the molecule is COC(=O)N1CC(c2ccc(OC)c(OC3CCCC3)c2)[C@H](CO)C1. The highest BCUT2D eigenvalue weighted by Crippen LogP contribution is 2.38. The summed E-state index contributed by atoms with van der Waals surface area (Å²) in [5, 5.41) is 9.74. The zero-order chi connectivity index (χ0) is 17.8. The van der Waals surface area contributed by atoms with Crippen molar-refractivity contribution in [1.29, 1.82) is 0 Å². The molecule has 6 nitrogen and oxygen atoms in total. The number of hydrogen-bond acceptors (Lipinski definition) is 5. The standard InChI is InChI=1S/C19H27NO5/c1-23-17-8-7-13(9-18(17)25-15-5-3-4-6-15)16-11-20(19(22)24-2)10-14(16)12-21/h7-9,14-16,21H,3-6,10-12H2,1-2H3/t14-,16?/m0/s1. The molecule has 1 heterocycles. The number of amides is 1. The van der Waals surface area contributed by atoms with Crippen LogP contribution in [0.1, 0.15) is 37.2 Å². The van der Waals surface area contributed by atoms with Crippen molar-refractivity contribution >= 4 is 6.09 Å². The van der Waals surface area contributed by atoms with E-state index in [1.54, 1.807) is 12.0 Å². The lowest BCUT2D eigenvalue weighted by Gasteiger charge is -2.20. The van der Waals surface area contributed by atoms with Crippen LogP contribution in [0.5, 0.6) is 11.5 Å². The van der Waals surface area contributed by atoms with Gasteiger partial charge in [-0.2, -0.15) is 0 Å². The van der Waals surface area contributed by atoms with Gasteiger partial charge in [0.05, 0.1) is 20.3 Å². The van der Waals surface area contributed by atoms with E-state index in [1.807, 2.05) is 18.2 Å². The Balaban J connectivity index is 1.81. The summed E-state index contributed by atoms with van der Waals surface area (Å²) in [7, 11) is 3.02. The third-order valence-corrected chi connectivity index (χ3v) is 5.32. The first-order valence-corrected chi connectivity index (χ1v) is 8.94. The van der Waals surface area contributed by atoms with Gasteiger partial charge in [-0.15, -0.1) is 0 Å². The molecular weight excluding hydrogens is 322 g/mol. The maximum absolute atomic E-state index is 11.8. The van der Waals surface area contributed by atoms with Gasteiger partial charge >= 0.3 is 6.09 Å². The molecule has 2 aliphatic rings. The molecule has 0 spiro atoms. The van der Waals surface area contributed by atoms with Crippen molar-refractivity contribution in [2.24, 2.45) is 5.92 Å². The van der Waals surface area contributed by atoms with E-state index in [1.165, 1.54) is 20.0 Å². The highest BCUT2D eigenvalue weighted by Gasteiger charge is 2.36. The molecule has 6 heteroatoms. The number of aliphatic hydroxyl groups is 1. The molecule has 1 aromatic carbocycles. The molecule has 1 aliphatic carbocycles. The first-order valence-electron chi connectivity index (χ1n) is 8.94. The number of aliphatic hydroxyl groups excluding tert-OH is 1. The van der Waals surface area contributed by atoms with Crippen LogP contribution in [0.4, 0.5) is 4.79 Å². The smallest absolute Gasteiger partial charge is 0.409 e. The van der Waals surface area contributed by atoms with E-state index < -0.39 is 0 Å². The van der Waals surface area contributed by atoms with Gasteiger partial charge in [-0.25, -0.2) is 4.79 Å². The summed E-state index contributed by atoms with van der Waals surface area (Å²) in [4.78, 5) is 13.5. The van der Waals surface area contributed by atoms with Gasteiger partial charge in [-0.05, 0) is 43.4 Å². The Morgan fingerprint density at radius 3 is 2.60 bits per heavy atom. The Morgan fingerprint density at radius 1 is 1.20 bits per heavy atom. The molecule has 1 aliphatic heterocycles. The Labute approximate surface area is 148 Å². The molecule has 3 rings (SSSR count). The second kappa shape index (κ2) is 7.95. The van der Waals surface area contributed by atoms with Crippen molar-refractivity contribution in [2.75, 3.05) is 33.9 Å². The molecule has 2 fully saturated rings. The van der Waals surface area contributed by atoms with Gasteiger partial charge in [0.25, 0.3) is 0 Å². The van der Waals surface area contributed by atoms with Gasteiger partial charge in [-0.3, -0.25) is 0 Å². The molecule has 0 bridgehead atoms. The first-order chi connectivity index (χ1) is 12.2. The number of methoxy groups -OCH3 is 2. The number of carbonyl (C=O) groups is 1. The second-order valence-electron chi connectivity index (χ2n) is 6.86. The van der Waals surface area contributed by atoms with Crippen LogP contribution < -0.4 is 9.47 Å². The average molecular weight is 349 g/mol. The molecule has 0 radical (unpaired) electrons. The van der Waals surface area contributed by atoms with Crippen molar-refractivity contribution in [1.82, 2.24) is 4.90 Å². The molecule has 1 saturated heterocycles. The minimum atomic E-state index is -0.350. The number of likely N-dealkylation sites (tertiary alicyclic amines) is 1. The summed E-state index contributed by atoms with van der Waals surface area (Å²) >= 11 is 0. The first kappa shape index (κ1) is 17.9. The largest absolute Gasteiger partial charge is 0.493 e. The summed E-state index contributed by atoms with van der Waals surface area (Å²) < 4.78 is 16.4. The third-order valence-electron chi connectivity index (χ3n) is 5.32. The molecule has 25 heavy (non-hydrogen) atoms. The van der Waals surface area contributed by atoms with Crippen molar-refractivity contribution in [3.8, 4) is 11.5 Å². The normalized spacial score (nSPS) is 23.7. The van der Waals surface area contributed by atoms with E-state index in [2.05, 4.69) is 0 Å². The zero-order valence-electron chi connectivity index (χ0n) is 14.9. The van der Waals surface area contributed by atoms with E-state index in [-0.39, 0.29) is 30.6 Å². The maximum atomic E-state index is 11.8. The van der Waals surface area contributed by atoms with E-state index in [9.17, 15) is 9.90 Å². The molecule has 1 amide bonds. The van der Waals surface area contributed by atoms with Gasteiger partial charge in [-0.1, -0.05) is 6.07 Å². The number of carbonyl (C=O) groups excluding carboxylic acids is 1. The number of ether oxygens (including phenoxy) is 3. The highest BCUT2D eigenvalue weighted by atomic mass is 16.5. The molecular formula is C19H27NO5. The molecule has 1 N–H and O–H groups in total. The molecule has 0 aromatic heterocycles. The quantitative estimate of drug-likeness (QED) is 0.885. The van der Waals surface area contributed by atoms with E-state index in [4.69, 9.17) is 14.2 Å². The number of hydrogen-bond donors (Lipinski definition) is 1. The molecule has 138 valence electrons. The summed E-state index contributed by atoms with van der Waals surface area (Å²) in [5.74, 6) is 1.52. The minimum absolute atomic E-state index is 0.00757. The van der Waals surface area contributed by atoms with Crippen molar-refractivity contribution in [3.05, 3.63) is 23.8 Å². The Bertz CT molecular complexity index is 599. The van der Waals surface area contributed by atoms with E-state index >= 15 is 0 Å². The molecule has 1 aromatic rings. The Kier molecular flexibility index (Phi) is 5.68. The highest BCUT2D eigenvalue weighted by molar-refractivity contribution is 5.68. The lowest BCUT2D eigenvalue weighted by atomic mass is 9.89. The number of nitrogens with zero attached hydrogens (tertiary/aromatic N) is 1. The topological polar surface area (TPSA) is 68.2 Å². The van der Waals surface area contributed by atoms with Gasteiger partial charge in [0.15, 0.2) is 11.5 Å². The fraction of sp³-hybridized carbons (Fsp3) is 0.632. The third kappa shape index (κ3) is 3.84. The Morgan fingerprint density at radius 2 is 1.96 bits per heavy atom. The predicted molar refractivity (Wildman–Crippen MR) is 93.2 cm³/mol. The van der Waals surface area contributed by atoms with Crippen molar-refractivity contribution < 1.29 is 24.1 Å². The van der Waals surface area contributed by atoms with Crippen LogP contribution in [0.3, 0.4) is 0 Å². The summed E-state index contributed by atoms with van der Waals surface area (Å²) in [6.45, 7) is 1.06. The lowest BCUT2D eigenvalue weighted by Crippen LogP contribution is -2.28. The van der Waals surface area contributed by atoms with E-state index in [0.29, 0.717) is 13.1 Å². The number of rotatable bonds is 5. The minimum Gasteiger partial charge on any atom is -0.493 e. The maximum Gasteiger partial charge on any atom is 0.409 e. The number of benzene rings is 1. The van der Waals surface area contributed by atoms with Gasteiger partial charge in [0.1, 0.15) is 0 Å². The van der Waals surface area contributed by atoms with Crippen LogP contribution in [0.15, 0.2) is 18.2 Å². The summed E-state index contributed by atoms with van der Waals surface area (Å²) in [6.07, 6.45) is 4.45. The van der Waals surface area contributed by atoms with Crippen LogP contribution in [0.2, 0.25) is 0 Å². The van der Waals surface area contributed by atoms with Crippen molar-refractivity contribution in [2.45, 2.75) is 37.7 Å². The van der Waals surface area contributed by atoms with Crippen molar-refractivity contribution in [3.63, 3.8) is 0 Å². The predicted octanol–water partition coefficient (Wildman–Crippen LogP) is 2.79. The Hall–Kier alpha value is -1.95. The van der Waals surface area contributed by atoms with Gasteiger partial charge < -0.3 is 24.2 Å².